The van der Waals surface area contributed by atoms with E-state index in [1.165, 1.54) is 14.2 Å². The van der Waals surface area contributed by atoms with Gasteiger partial charge in [-0.25, -0.2) is 4.79 Å². The van der Waals surface area contributed by atoms with Crippen LogP contribution in [0.25, 0.3) is 0 Å². The number of aromatic nitrogens is 3. The van der Waals surface area contributed by atoms with E-state index in [1.807, 2.05) is 6.92 Å². The molecule has 0 aliphatic carbocycles. The number of methoxy groups -OCH3 is 2. The highest BCUT2D eigenvalue weighted by Gasteiger charge is 2.15. The van der Waals surface area contributed by atoms with Gasteiger partial charge in [0.25, 0.3) is 0 Å². The van der Waals surface area contributed by atoms with Gasteiger partial charge < -0.3 is 19.9 Å². The Hall–Kier alpha value is -2.74. The van der Waals surface area contributed by atoms with Crippen molar-refractivity contribution in [3.8, 4) is 18.0 Å². The molecule has 2 N–H and O–H groups in total. The van der Waals surface area contributed by atoms with Crippen LogP contribution < -0.4 is 19.9 Å². The number of nitrogens with zero attached hydrogens (tertiary/aromatic N) is 3. The quantitative estimate of drug-likeness (QED) is 0.798. The molecule has 1 unspecified atom stereocenters. The largest absolute Gasteiger partial charge is 0.467 e. The number of rotatable bonds is 6. The van der Waals surface area contributed by atoms with Gasteiger partial charge in [-0.05, 0) is 24.1 Å². The minimum absolute atomic E-state index is 0.0103. The van der Waals surface area contributed by atoms with Crippen molar-refractivity contribution in [1.82, 2.24) is 15.0 Å². The Kier molecular flexibility index (Phi) is 5.42. The second-order valence-corrected chi connectivity index (χ2v) is 4.62. The van der Waals surface area contributed by atoms with Crippen LogP contribution in [0, 0.1) is 0 Å². The third-order valence-electron chi connectivity index (χ3n) is 3.14. The van der Waals surface area contributed by atoms with Crippen LogP contribution in [0.3, 0.4) is 0 Å². The van der Waals surface area contributed by atoms with Crippen molar-refractivity contribution < 1.29 is 19.0 Å². The maximum Gasteiger partial charge on any atom is 0.345 e. The first-order valence-electron chi connectivity index (χ1n) is 6.99. The highest BCUT2D eigenvalue weighted by molar-refractivity contribution is 5.90. The average Bonchev–Trinajstić information content (AvgIpc) is 2.60. The number of esters is 1. The van der Waals surface area contributed by atoms with Crippen molar-refractivity contribution in [3.05, 3.63) is 35.4 Å². The van der Waals surface area contributed by atoms with Gasteiger partial charge in [-0.1, -0.05) is 19.1 Å². The number of ether oxygens (including phenoxy) is 3. The highest BCUT2D eigenvalue weighted by Crippen LogP contribution is 2.17. The van der Waals surface area contributed by atoms with Gasteiger partial charge in [0, 0.05) is 6.04 Å². The highest BCUT2D eigenvalue weighted by atomic mass is 16.6. The van der Waals surface area contributed by atoms with Crippen LogP contribution in [-0.2, 0) is 0 Å². The lowest BCUT2D eigenvalue weighted by molar-refractivity contribution is 0.0716. The van der Waals surface area contributed by atoms with Crippen LogP contribution in [0.2, 0.25) is 0 Å². The molecule has 0 fully saturated rings. The van der Waals surface area contributed by atoms with E-state index in [4.69, 9.17) is 19.9 Å². The summed E-state index contributed by atoms with van der Waals surface area (Å²) in [4.78, 5) is 23.6. The fourth-order valence-electron chi connectivity index (χ4n) is 1.79. The molecule has 2 aromatic rings. The summed E-state index contributed by atoms with van der Waals surface area (Å²) in [6, 6.07) is 6.59. The summed E-state index contributed by atoms with van der Waals surface area (Å²) in [6.45, 7) is 1.99. The molecule has 2 rings (SSSR count). The van der Waals surface area contributed by atoms with Gasteiger partial charge in [-0.15, -0.1) is 15.0 Å². The molecule has 1 aromatic heterocycles. The lowest BCUT2D eigenvalue weighted by Crippen LogP contribution is -2.13. The number of carbonyl (C=O) groups is 1. The van der Waals surface area contributed by atoms with Crippen molar-refractivity contribution in [2.75, 3.05) is 14.2 Å². The minimum atomic E-state index is -0.600. The number of carbonyl (C=O) groups excluding carboxylic acids is 1. The van der Waals surface area contributed by atoms with Gasteiger partial charge in [0.05, 0.1) is 19.8 Å². The van der Waals surface area contributed by atoms with E-state index < -0.39 is 5.97 Å². The summed E-state index contributed by atoms with van der Waals surface area (Å²) in [5.41, 5.74) is 7.25. The monoisotopic (exact) mass is 318 g/mol. The fourth-order valence-corrected chi connectivity index (χ4v) is 1.79. The fraction of sp³-hybridized carbons (Fsp3) is 0.333. The Labute approximate surface area is 133 Å². The Morgan fingerprint density at radius 1 is 1.04 bits per heavy atom. The Morgan fingerprint density at radius 3 is 2.04 bits per heavy atom. The second-order valence-electron chi connectivity index (χ2n) is 4.62. The molecular weight excluding hydrogens is 300 g/mol. The standard InChI is InChI=1S/C15H18N4O4/c1-4-11(16)9-5-7-10(8-6-9)12(20)23-15-18-13(21-2)17-14(19-15)22-3/h5-8,11H,4,16H2,1-3H3. The summed E-state index contributed by atoms with van der Waals surface area (Å²) in [6.07, 6.45) is 0.814. The molecule has 0 saturated carbocycles. The van der Waals surface area contributed by atoms with Crippen LogP contribution in [0.5, 0.6) is 18.0 Å². The summed E-state index contributed by atoms with van der Waals surface area (Å²) >= 11 is 0. The van der Waals surface area contributed by atoms with Crippen LogP contribution in [0.1, 0.15) is 35.3 Å². The first-order valence-corrected chi connectivity index (χ1v) is 6.99. The van der Waals surface area contributed by atoms with Gasteiger partial charge in [0.1, 0.15) is 0 Å². The molecule has 0 aliphatic heterocycles. The average molecular weight is 318 g/mol. The summed E-state index contributed by atoms with van der Waals surface area (Å²) < 4.78 is 14.9. The van der Waals surface area contributed by atoms with E-state index in [0.29, 0.717) is 5.56 Å². The predicted molar refractivity (Wildman–Crippen MR) is 81.6 cm³/mol. The minimum Gasteiger partial charge on any atom is -0.467 e. The summed E-state index contributed by atoms with van der Waals surface area (Å²) in [5, 5.41) is 0. The van der Waals surface area contributed by atoms with Gasteiger partial charge in [-0.2, -0.15) is 0 Å². The maximum absolute atomic E-state index is 12.1. The van der Waals surface area contributed by atoms with E-state index in [-0.39, 0.29) is 24.1 Å². The topological polar surface area (TPSA) is 109 Å². The number of hydrogen-bond acceptors (Lipinski definition) is 8. The summed E-state index contributed by atoms with van der Waals surface area (Å²) in [5.74, 6) is -0.600. The second kappa shape index (κ2) is 7.50. The first-order chi connectivity index (χ1) is 11.1. The van der Waals surface area contributed by atoms with Crippen molar-refractivity contribution in [3.63, 3.8) is 0 Å². The molecular formula is C15H18N4O4. The third kappa shape index (κ3) is 4.13. The zero-order chi connectivity index (χ0) is 16.8. The molecule has 1 atom stereocenters. The van der Waals surface area contributed by atoms with Crippen molar-refractivity contribution in [2.45, 2.75) is 19.4 Å². The Balaban J connectivity index is 2.15. The van der Waals surface area contributed by atoms with E-state index in [1.54, 1.807) is 24.3 Å². The lowest BCUT2D eigenvalue weighted by Gasteiger charge is -2.09. The molecule has 8 nitrogen and oxygen atoms in total. The lowest BCUT2D eigenvalue weighted by atomic mass is 10.0. The molecule has 0 aliphatic rings. The SMILES string of the molecule is CCC(N)c1ccc(C(=O)Oc2nc(OC)nc(OC)n2)cc1. The molecule has 0 spiro atoms. The van der Waals surface area contributed by atoms with Crippen LogP contribution in [0.15, 0.2) is 24.3 Å². The molecule has 1 aromatic carbocycles. The number of benzene rings is 1. The Bertz CT molecular complexity index is 653. The molecule has 0 amide bonds. The van der Waals surface area contributed by atoms with E-state index in [0.717, 1.165) is 12.0 Å². The molecule has 23 heavy (non-hydrogen) atoms. The maximum atomic E-state index is 12.1. The zero-order valence-corrected chi connectivity index (χ0v) is 13.1. The van der Waals surface area contributed by atoms with E-state index in [9.17, 15) is 4.79 Å². The van der Waals surface area contributed by atoms with Gasteiger partial charge in [0.2, 0.25) is 0 Å². The van der Waals surface area contributed by atoms with Crippen LogP contribution >= 0.6 is 0 Å². The van der Waals surface area contributed by atoms with E-state index >= 15 is 0 Å². The Morgan fingerprint density at radius 2 is 1.57 bits per heavy atom. The molecule has 0 bridgehead atoms. The third-order valence-corrected chi connectivity index (χ3v) is 3.14. The van der Waals surface area contributed by atoms with Crippen LogP contribution in [0.4, 0.5) is 0 Å². The summed E-state index contributed by atoms with van der Waals surface area (Å²) in [7, 11) is 2.77. The molecule has 8 heteroatoms. The molecule has 1 heterocycles. The zero-order valence-electron chi connectivity index (χ0n) is 13.1. The number of nitrogens with two attached hydrogens (primary N) is 1. The van der Waals surface area contributed by atoms with Gasteiger partial charge >= 0.3 is 24.0 Å². The van der Waals surface area contributed by atoms with Crippen LogP contribution in [-0.4, -0.2) is 35.1 Å². The molecule has 0 radical (unpaired) electrons. The van der Waals surface area contributed by atoms with Crippen molar-refractivity contribution in [2.24, 2.45) is 5.73 Å². The predicted octanol–water partition coefficient (Wildman–Crippen LogP) is 1.52. The number of hydrogen-bond donors (Lipinski definition) is 1. The van der Waals surface area contributed by atoms with Crippen molar-refractivity contribution >= 4 is 5.97 Å². The molecule has 122 valence electrons. The normalized spacial score (nSPS) is 11.7. The van der Waals surface area contributed by atoms with Gasteiger partial charge in [0.15, 0.2) is 0 Å². The van der Waals surface area contributed by atoms with Gasteiger partial charge in [-0.3, -0.25) is 0 Å². The smallest absolute Gasteiger partial charge is 0.345 e. The van der Waals surface area contributed by atoms with E-state index in [2.05, 4.69) is 15.0 Å². The molecule has 0 saturated heterocycles. The first kappa shape index (κ1) is 16.6. The van der Waals surface area contributed by atoms with Crippen molar-refractivity contribution in [1.29, 1.82) is 0 Å².